The fourth-order valence-electron chi connectivity index (χ4n) is 2.58. The summed E-state index contributed by atoms with van der Waals surface area (Å²) in [5, 5.41) is 6.41. The summed E-state index contributed by atoms with van der Waals surface area (Å²) in [6.07, 6.45) is 5.39. The van der Waals surface area contributed by atoms with Gasteiger partial charge in [-0.05, 0) is 32.6 Å². The zero-order chi connectivity index (χ0) is 13.2. The van der Waals surface area contributed by atoms with Crippen molar-refractivity contribution in [2.45, 2.75) is 39.0 Å². The molecule has 3 rings (SSSR count). The van der Waals surface area contributed by atoms with Crippen molar-refractivity contribution in [3.05, 3.63) is 33.2 Å². The van der Waals surface area contributed by atoms with E-state index >= 15 is 0 Å². The smallest absolute Gasteiger partial charge is 0.137 e. The molecule has 0 spiro atoms. The third-order valence-electron chi connectivity index (χ3n) is 3.47. The summed E-state index contributed by atoms with van der Waals surface area (Å²) in [5.41, 5.74) is 3.61. The highest BCUT2D eigenvalue weighted by Gasteiger charge is 2.17. The minimum atomic E-state index is 0.728. The topological polar surface area (TPSA) is 50.7 Å². The first-order valence-corrected chi connectivity index (χ1v) is 7.61. The van der Waals surface area contributed by atoms with Gasteiger partial charge >= 0.3 is 0 Å². The lowest BCUT2D eigenvalue weighted by Crippen LogP contribution is -2.13. The van der Waals surface area contributed by atoms with Crippen LogP contribution in [0.15, 0.2) is 5.38 Å². The molecule has 0 saturated heterocycles. The Morgan fingerprint density at radius 3 is 2.79 bits per heavy atom. The van der Waals surface area contributed by atoms with Crippen molar-refractivity contribution in [3.63, 3.8) is 0 Å². The van der Waals surface area contributed by atoms with E-state index in [2.05, 4.69) is 20.7 Å². The fraction of sp³-hybridized carbons (Fsp3) is 0.500. The molecule has 100 valence electrons. The van der Waals surface area contributed by atoms with Crippen LogP contribution in [-0.2, 0) is 19.3 Å². The van der Waals surface area contributed by atoms with Crippen LogP contribution in [0.5, 0.6) is 0 Å². The quantitative estimate of drug-likeness (QED) is 0.935. The number of thiazole rings is 1. The minimum absolute atomic E-state index is 0.728. The molecule has 0 aromatic carbocycles. The van der Waals surface area contributed by atoms with Crippen molar-refractivity contribution < 1.29 is 0 Å². The van der Waals surface area contributed by atoms with Gasteiger partial charge in [0.2, 0.25) is 0 Å². The summed E-state index contributed by atoms with van der Waals surface area (Å²) in [4.78, 5) is 13.9. The number of hydrogen-bond donors (Lipinski definition) is 1. The lowest BCUT2D eigenvalue weighted by molar-refractivity contribution is 0.657. The van der Waals surface area contributed by atoms with Crippen molar-refractivity contribution in [2.75, 3.05) is 12.4 Å². The molecule has 1 N–H and O–H groups in total. The highest BCUT2D eigenvalue weighted by Crippen LogP contribution is 2.25. The van der Waals surface area contributed by atoms with Crippen LogP contribution in [0.1, 0.15) is 40.6 Å². The van der Waals surface area contributed by atoms with Crippen molar-refractivity contribution in [2.24, 2.45) is 0 Å². The zero-order valence-corrected chi connectivity index (χ0v) is 12.2. The van der Waals surface area contributed by atoms with Gasteiger partial charge in [-0.2, -0.15) is 0 Å². The van der Waals surface area contributed by atoms with Crippen molar-refractivity contribution in [1.82, 2.24) is 15.0 Å². The molecule has 0 amide bonds. The van der Waals surface area contributed by atoms with E-state index in [-0.39, 0.29) is 0 Å². The molecule has 0 atom stereocenters. The Kier molecular flexibility index (Phi) is 3.46. The number of hydrogen-bond acceptors (Lipinski definition) is 5. The third-order valence-corrected chi connectivity index (χ3v) is 4.29. The second kappa shape index (κ2) is 5.25. The number of fused-ring (bicyclic) bond motifs is 1. The molecule has 0 bridgehead atoms. The van der Waals surface area contributed by atoms with Gasteiger partial charge < -0.3 is 5.32 Å². The first kappa shape index (κ1) is 12.5. The van der Waals surface area contributed by atoms with Crippen LogP contribution in [0.3, 0.4) is 0 Å². The van der Waals surface area contributed by atoms with Crippen LogP contribution in [0.25, 0.3) is 0 Å². The molecule has 1 aliphatic carbocycles. The Hall–Kier alpha value is -1.49. The first-order chi connectivity index (χ1) is 9.26. The van der Waals surface area contributed by atoms with Gasteiger partial charge in [0.1, 0.15) is 11.6 Å². The van der Waals surface area contributed by atoms with E-state index < -0.39 is 0 Å². The van der Waals surface area contributed by atoms with Crippen molar-refractivity contribution >= 4 is 17.2 Å². The van der Waals surface area contributed by atoms with Gasteiger partial charge in [-0.15, -0.1) is 11.3 Å². The van der Waals surface area contributed by atoms with E-state index in [4.69, 9.17) is 4.98 Å². The van der Waals surface area contributed by atoms with Gasteiger partial charge in [-0.25, -0.2) is 15.0 Å². The van der Waals surface area contributed by atoms with Gasteiger partial charge in [0.25, 0.3) is 0 Å². The van der Waals surface area contributed by atoms with Crippen LogP contribution in [-0.4, -0.2) is 22.0 Å². The number of nitrogens with one attached hydrogen (secondary N) is 1. The van der Waals surface area contributed by atoms with Gasteiger partial charge in [0, 0.05) is 23.7 Å². The Morgan fingerprint density at radius 1 is 1.21 bits per heavy atom. The summed E-state index contributed by atoms with van der Waals surface area (Å²) >= 11 is 1.68. The zero-order valence-electron chi connectivity index (χ0n) is 11.4. The Bertz CT molecular complexity index is 574. The average Bonchev–Trinajstić information content (AvgIpc) is 2.83. The molecule has 0 saturated carbocycles. The number of aromatic nitrogens is 3. The van der Waals surface area contributed by atoms with E-state index in [1.165, 1.54) is 24.1 Å². The molecular weight excluding hydrogens is 256 g/mol. The molecule has 1 aliphatic rings. The summed E-state index contributed by atoms with van der Waals surface area (Å²) in [5.74, 6) is 1.89. The van der Waals surface area contributed by atoms with Crippen LogP contribution < -0.4 is 5.32 Å². The number of nitrogens with zero attached hydrogens (tertiary/aromatic N) is 3. The molecule has 4 nitrogen and oxygen atoms in total. The maximum Gasteiger partial charge on any atom is 0.137 e. The van der Waals surface area contributed by atoms with Crippen molar-refractivity contribution in [1.29, 1.82) is 0 Å². The highest BCUT2D eigenvalue weighted by molar-refractivity contribution is 7.09. The second-order valence-corrected chi connectivity index (χ2v) is 5.97. The summed E-state index contributed by atoms with van der Waals surface area (Å²) in [6.45, 7) is 2.03. The highest BCUT2D eigenvalue weighted by atomic mass is 32.1. The van der Waals surface area contributed by atoms with E-state index in [0.29, 0.717) is 0 Å². The Balaban J connectivity index is 1.93. The van der Waals surface area contributed by atoms with E-state index in [1.807, 2.05) is 14.0 Å². The van der Waals surface area contributed by atoms with E-state index in [0.717, 1.165) is 41.6 Å². The minimum Gasteiger partial charge on any atom is -0.373 e. The number of rotatable bonds is 3. The second-order valence-electron chi connectivity index (χ2n) is 4.91. The lowest BCUT2D eigenvalue weighted by Gasteiger charge is -2.18. The Morgan fingerprint density at radius 2 is 2.05 bits per heavy atom. The van der Waals surface area contributed by atoms with Crippen LogP contribution in [0.4, 0.5) is 5.82 Å². The van der Waals surface area contributed by atoms with Gasteiger partial charge in [-0.1, -0.05) is 0 Å². The predicted octanol–water partition coefficient (Wildman–Crippen LogP) is 2.75. The first-order valence-electron chi connectivity index (χ1n) is 6.73. The molecule has 0 fully saturated rings. The van der Waals surface area contributed by atoms with Gasteiger partial charge in [-0.3, -0.25) is 0 Å². The maximum absolute atomic E-state index is 4.74. The molecule has 5 heteroatoms. The molecule has 2 aromatic rings. The molecular formula is C14H18N4S. The molecule has 0 aliphatic heterocycles. The number of anilines is 1. The standard InChI is InChI=1S/C14H18N4S/c1-9-16-10(8-19-9)7-13-17-12-6-4-3-5-11(12)14(15-2)18-13/h8H,3-7H2,1-2H3,(H,15,17,18). The molecule has 2 heterocycles. The van der Waals surface area contributed by atoms with Gasteiger partial charge in [0.05, 0.1) is 17.1 Å². The molecule has 19 heavy (non-hydrogen) atoms. The monoisotopic (exact) mass is 274 g/mol. The lowest BCUT2D eigenvalue weighted by atomic mass is 9.96. The normalized spacial score (nSPS) is 14.2. The summed E-state index contributed by atoms with van der Waals surface area (Å²) in [6, 6.07) is 0. The average molecular weight is 274 g/mol. The third kappa shape index (κ3) is 2.61. The van der Waals surface area contributed by atoms with Crippen LogP contribution in [0.2, 0.25) is 0 Å². The fourth-order valence-corrected chi connectivity index (χ4v) is 3.20. The largest absolute Gasteiger partial charge is 0.373 e. The molecule has 0 unspecified atom stereocenters. The SMILES string of the molecule is CNc1nc(Cc2csc(C)n2)nc2c1CCCC2. The summed E-state index contributed by atoms with van der Waals surface area (Å²) in [7, 11) is 1.94. The Labute approximate surface area is 117 Å². The predicted molar refractivity (Wildman–Crippen MR) is 77.9 cm³/mol. The molecule has 0 radical (unpaired) electrons. The van der Waals surface area contributed by atoms with E-state index in [1.54, 1.807) is 11.3 Å². The number of aryl methyl sites for hydroxylation is 2. The van der Waals surface area contributed by atoms with Crippen molar-refractivity contribution in [3.8, 4) is 0 Å². The van der Waals surface area contributed by atoms with Gasteiger partial charge in [0.15, 0.2) is 0 Å². The molecule has 2 aromatic heterocycles. The maximum atomic E-state index is 4.74. The van der Waals surface area contributed by atoms with E-state index in [9.17, 15) is 0 Å². The van der Waals surface area contributed by atoms with Crippen LogP contribution in [0, 0.1) is 6.92 Å². The summed E-state index contributed by atoms with van der Waals surface area (Å²) < 4.78 is 0. The van der Waals surface area contributed by atoms with Crippen LogP contribution >= 0.6 is 11.3 Å².